The molecule has 3 rings (SSSR count). The molecule has 1 unspecified atom stereocenters. The van der Waals surface area contributed by atoms with Gasteiger partial charge in [0.15, 0.2) is 0 Å². The van der Waals surface area contributed by atoms with E-state index in [1.54, 1.807) is 24.3 Å². The average Bonchev–Trinajstić information content (AvgIpc) is 2.95. The summed E-state index contributed by atoms with van der Waals surface area (Å²) in [5.74, 6) is -0.602. The maximum absolute atomic E-state index is 12.8. The molecule has 0 spiro atoms. The molecule has 0 fully saturated rings. The second-order valence-corrected chi connectivity index (χ2v) is 5.20. The molecule has 2 aliphatic rings. The van der Waals surface area contributed by atoms with Crippen LogP contribution in [-0.4, -0.2) is 22.5 Å². The van der Waals surface area contributed by atoms with Gasteiger partial charge < -0.3 is 5.32 Å². The van der Waals surface area contributed by atoms with Crippen LogP contribution >= 0.6 is 11.6 Å². The van der Waals surface area contributed by atoms with Gasteiger partial charge >= 0.3 is 5.84 Å². The zero-order valence-electron chi connectivity index (χ0n) is 17.8. The van der Waals surface area contributed by atoms with E-state index in [2.05, 4.69) is 10.3 Å². The zero-order valence-corrected chi connectivity index (χ0v) is 12.5. The van der Waals surface area contributed by atoms with Gasteiger partial charge in [0.05, 0.1) is 14.0 Å². The Bertz CT molecular complexity index is 993. The first-order chi connectivity index (χ1) is 13.0. The third-order valence-corrected chi connectivity index (χ3v) is 3.63. The predicted octanol–water partition coefficient (Wildman–Crippen LogP) is 3.03. The highest BCUT2D eigenvalue weighted by Crippen LogP contribution is 2.21. The number of carbonyl (C=O) groups is 1. The average molecular weight is 321 g/mol. The summed E-state index contributed by atoms with van der Waals surface area (Å²) < 4.78 is 48.3. The third-order valence-electron chi connectivity index (χ3n) is 3.26. The van der Waals surface area contributed by atoms with Crippen molar-refractivity contribution in [2.75, 3.05) is 0 Å². The molecule has 1 aromatic carbocycles. The van der Waals surface area contributed by atoms with Crippen molar-refractivity contribution in [1.82, 2.24) is 5.32 Å². The number of carbonyl (C=O) groups excluding carboxylic acids is 1. The summed E-state index contributed by atoms with van der Waals surface area (Å²) in [6.45, 7) is -1.09. The molecule has 1 amide bonds. The third kappa shape index (κ3) is 2.74. The lowest BCUT2D eigenvalue weighted by Crippen LogP contribution is -2.32. The Hall–Kier alpha value is -2.20. The van der Waals surface area contributed by atoms with Crippen LogP contribution in [0.15, 0.2) is 52.3 Å². The van der Waals surface area contributed by atoms with Gasteiger partial charge in [-0.2, -0.15) is 4.58 Å². The van der Waals surface area contributed by atoms with E-state index in [0.29, 0.717) is 10.6 Å². The lowest BCUT2D eigenvalue weighted by molar-refractivity contribution is -0.337. The Balaban J connectivity index is 1.97. The van der Waals surface area contributed by atoms with Crippen LogP contribution < -0.4 is 5.32 Å². The van der Waals surface area contributed by atoms with Gasteiger partial charge in [-0.15, -0.1) is 0 Å². The summed E-state index contributed by atoms with van der Waals surface area (Å²) in [7, 11) is 0. The Morgan fingerprint density at radius 2 is 2.41 bits per heavy atom. The SMILES string of the molecule is [2H]C1=C(C([2H])([2H])[2H])C([2H])=[N+]2C(=NC(C)=C2C(=O)NCc2ccccc2Cl)C1[2H]. The molecule has 1 N–H and O–H groups in total. The number of nitrogens with zero attached hydrogens (tertiary/aromatic N) is 2. The lowest BCUT2D eigenvalue weighted by Gasteiger charge is -2.10. The number of rotatable bonds is 3. The quantitative estimate of drug-likeness (QED) is 0.855. The summed E-state index contributed by atoms with van der Waals surface area (Å²) in [5, 5.41) is 3.17. The summed E-state index contributed by atoms with van der Waals surface area (Å²) in [6.07, 6.45) is -1.93. The van der Waals surface area contributed by atoms with Gasteiger partial charge in [-0.1, -0.05) is 35.9 Å². The minimum atomic E-state index is -2.76. The Morgan fingerprint density at radius 3 is 3.18 bits per heavy atom. The molecular weight excluding hydrogens is 298 g/mol. The van der Waals surface area contributed by atoms with Crippen LogP contribution in [0, 0.1) is 0 Å². The highest BCUT2D eigenvalue weighted by atomic mass is 35.5. The van der Waals surface area contributed by atoms with Crippen molar-refractivity contribution in [2.24, 2.45) is 4.99 Å². The molecule has 0 bridgehead atoms. The van der Waals surface area contributed by atoms with Gasteiger partial charge in [0, 0.05) is 24.0 Å². The first-order valence-electron chi connectivity index (χ1n) is 9.70. The monoisotopic (exact) mass is 320 g/mol. The Morgan fingerprint density at radius 1 is 1.59 bits per heavy atom. The Labute approximate surface area is 142 Å². The molecule has 0 aliphatic carbocycles. The topological polar surface area (TPSA) is 44.5 Å². The molecule has 0 saturated heterocycles. The van der Waals surface area contributed by atoms with E-state index in [0.717, 1.165) is 4.58 Å². The number of amidine groups is 1. The van der Waals surface area contributed by atoms with Crippen LogP contribution in [-0.2, 0) is 11.3 Å². The molecule has 2 aliphatic heterocycles. The maximum Gasteiger partial charge on any atom is 0.308 e. The first kappa shape index (κ1) is 9.06. The van der Waals surface area contributed by atoms with E-state index in [1.165, 1.54) is 6.92 Å². The molecule has 112 valence electrons. The van der Waals surface area contributed by atoms with E-state index >= 15 is 0 Å². The van der Waals surface area contributed by atoms with Crippen LogP contribution in [0.2, 0.25) is 5.02 Å². The van der Waals surface area contributed by atoms with Crippen molar-refractivity contribution < 1.29 is 17.6 Å². The van der Waals surface area contributed by atoms with E-state index in [9.17, 15) is 4.79 Å². The molecule has 1 atom stereocenters. The molecule has 0 radical (unpaired) electrons. The van der Waals surface area contributed by atoms with Crippen LogP contribution in [0.5, 0.6) is 0 Å². The van der Waals surface area contributed by atoms with Crippen LogP contribution in [0.25, 0.3) is 0 Å². The Kier molecular flexibility index (Phi) is 2.42. The normalized spacial score (nSPS) is 25.5. The van der Waals surface area contributed by atoms with E-state index in [-0.39, 0.29) is 23.8 Å². The number of aliphatic imine (C=N–C) groups is 1. The number of benzene rings is 1. The largest absolute Gasteiger partial charge is 0.345 e. The van der Waals surface area contributed by atoms with Crippen LogP contribution in [0.3, 0.4) is 0 Å². The van der Waals surface area contributed by atoms with Crippen molar-refractivity contribution in [3.63, 3.8) is 0 Å². The molecule has 4 nitrogen and oxygen atoms in total. The maximum atomic E-state index is 12.8. The molecule has 22 heavy (non-hydrogen) atoms. The predicted molar refractivity (Wildman–Crippen MR) is 88.1 cm³/mol. The van der Waals surface area contributed by atoms with Gasteiger partial charge in [0.1, 0.15) is 1.37 Å². The fourth-order valence-corrected chi connectivity index (χ4v) is 2.41. The number of nitrogens with one attached hydrogen (secondary N) is 1. The molecule has 0 aromatic heterocycles. The molecular formula is C17H17ClN3O+. The van der Waals surface area contributed by atoms with Crippen molar-refractivity contribution in [3.8, 4) is 0 Å². The molecule has 1 aromatic rings. The van der Waals surface area contributed by atoms with Crippen LogP contribution in [0.4, 0.5) is 0 Å². The van der Waals surface area contributed by atoms with E-state index in [4.69, 9.17) is 19.8 Å². The summed E-state index contributed by atoms with van der Waals surface area (Å²) in [4.78, 5) is 16.9. The number of allylic oxidation sites excluding steroid dienone is 2. The number of hydrogen-bond donors (Lipinski definition) is 1. The standard InChI is InChI=1S/C17H16ClN3O/c1-11-7-8-15-20-12(2)16(21(15)10-11)17(22)19-9-13-5-3-4-6-14(13)18/h3-7,10H,8-9H2,1-2H3/p+1/i1D3,7D,8D,10D. The highest BCUT2D eigenvalue weighted by molar-refractivity contribution is 6.31. The number of hydrogen-bond acceptors (Lipinski definition) is 2. The number of fused-ring (bicyclic) bond motifs is 1. The second-order valence-electron chi connectivity index (χ2n) is 4.79. The van der Waals surface area contributed by atoms with E-state index in [1.807, 2.05) is 0 Å². The number of halogens is 1. The molecule has 0 saturated carbocycles. The fourth-order valence-electron chi connectivity index (χ4n) is 2.21. The second kappa shape index (κ2) is 5.89. The summed E-state index contributed by atoms with van der Waals surface area (Å²) in [6, 6.07) is 6.49. The van der Waals surface area contributed by atoms with Crippen molar-refractivity contribution in [3.05, 3.63) is 57.9 Å². The minimum Gasteiger partial charge on any atom is -0.345 e. The van der Waals surface area contributed by atoms with Crippen molar-refractivity contribution >= 4 is 29.5 Å². The van der Waals surface area contributed by atoms with Gasteiger partial charge in [-0.25, -0.2) is 0 Å². The summed E-state index contributed by atoms with van der Waals surface area (Å²) in [5.41, 5.74) is 0.350. The fraction of sp³-hybridized carbons (Fsp3) is 0.235. The molecule has 5 heteroatoms. The highest BCUT2D eigenvalue weighted by Gasteiger charge is 2.36. The minimum absolute atomic E-state index is 0.0246. The van der Waals surface area contributed by atoms with Gasteiger partial charge in [-0.3, -0.25) is 4.79 Å². The number of amides is 1. The zero-order chi connectivity index (χ0) is 20.8. The summed E-state index contributed by atoms with van der Waals surface area (Å²) >= 11 is 6.09. The molecule has 2 heterocycles. The lowest BCUT2D eigenvalue weighted by atomic mass is 10.2. The van der Waals surface area contributed by atoms with Crippen LogP contribution in [0.1, 0.15) is 34.0 Å². The van der Waals surface area contributed by atoms with Gasteiger partial charge in [0.25, 0.3) is 5.91 Å². The van der Waals surface area contributed by atoms with Gasteiger partial charge in [-0.05, 0) is 29.0 Å². The van der Waals surface area contributed by atoms with Crippen molar-refractivity contribution in [1.29, 1.82) is 0 Å². The smallest absolute Gasteiger partial charge is 0.308 e. The van der Waals surface area contributed by atoms with Crippen molar-refractivity contribution in [2.45, 2.75) is 26.7 Å². The van der Waals surface area contributed by atoms with E-state index < -0.39 is 37.0 Å². The van der Waals surface area contributed by atoms with Gasteiger partial charge in [0.2, 0.25) is 11.4 Å². The first-order valence-corrected chi connectivity index (χ1v) is 7.00.